The molecule has 2 rings (SSSR count). The summed E-state index contributed by atoms with van der Waals surface area (Å²) in [4.78, 5) is 23.7. The molecule has 2 amide bonds. The number of carbonyl (C=O) groups is 2. The summed E-state index contributed by atoms with van der Waals surface area (Å²) >= 11 is 0. The standard InChI is InChI=1S/C17H24N2O3/c1-11-7-8-14(9-12(11)2)19-17(22)16(21)18-10-13-5-3-4-6-15(13)20/h7-9,13,15,20H,3-6,10H2,1-2H3,(H,18,21)(H,19,22)/t13-,15+/m1/s1. The van der Waals surface area contributed by atoms with Crippen LogP contribution in [0.1, 0.15) is 36.8 Å². The van der Waals surface area contributed by atoms with Gasteiger partial charge in [-0.05, 0) is 49.9 Å². The molecule has 1 aromatic carbocycles. The molecule has 0 radical (unpaired) electrons. The number of carbonyl (C=O) groups excluding carboxylic acids is 2. The van der Waals surface area contributed by atoms with Crippen LogP contribution in [-0.2, 0) is 9.59 Å². The van der Waals surface area contributed by atoms with E-state index in [9.17, 15) is 14.7 Å². The van der Waals surface area contributed by atoms with Crippen molar-refractivity contribution < 1.29 is 14.7 Å². The fourth-order valence-corrected chi connectivity index (χ4v) is 2.74. The van der Waals surface area contributed by atoms with E-state index >= 15 is 0 Å². The quantitative estimate of drug-likeness (QED) is 0.746. The lowest BCUT2D eigenvalue weighted by Crippen LogP contribution is -2.41. The average molecular weight is 304 g/mol. The Morgan fingerprint density at radius 2 is 1.86 bits per heavy atom. The first-order chi connectivity index (χ1) is 10.5. The zero-order chi connectivity index (χ0) is 16.1. The zero-order valence-electron chi connectivity index (χ0n) is 13.2. The van der Waals surface area contributed by atoms with Crippen molar-refractivity contribution in [3.05, 3.63) is 29.3 Å². The van der Waals surface area contributed by atoms with Gasteiger partial charge in [0.1, 0.15) is 0 Å². The smallest absolute Gasteiger partial charge is 0.313 e. The Hall–Kier alpha value is -1.88. The number of hydrogen-bond acceptors (Lipinski definition) is 3. The van der Waals surface area contributed by atoms with E-state index in [1.165, 1.54) is 0 Å². The average Bonchev–Trinajstić information content (AvgIpc) is 2.50. The SMILES string of the molecule is Cc1ccc(NC(=O)C(=O)NC[C@H]2CCCC[C@@H]2O)cc1C. The molecule has 5 heteroatoms. The van der Waals surface area contributed by atoms with Gasteiger partial charge in [0.25, 0.3) is 0 Å². The lowest BCUT2D eigenvalue weighted by Gasteiger charge is -2.27. The minimum Gasteiger partial charge on any atom is -0.393 e. The molecule has 0 saturated heterocycles. The first-order valence-electron chi connectivity index (χ1n) is 7.82. The van der Waals surface area contributed by atoms with Gasteiger partial charge in [0.2, 0.25) is 0 Å². The van der Waals surface area contributed by atoms with Crippen molar-refractivity contribution in [2.75, 3.05) is 11.9 Å². The number of rotatable bonds is 3. The maximum Gasteiger partial charge on any atom is 0.313 e. The number of aryl methyl sites for hydroxylation is 2. The van der Waals surface area contributed by atoms with Crippen LogP contribution in [0.15, 0.2) is 18.2 Å². The van der Waals surface area contributed by atoms with E-state index in [1.54, 1.807) is 6.07 Å². The van der Waals surface area contributed by atoms with Crippen LogP contribution in [0.2, 0.25) is 0 Å². The number of anilines is 1. The van der Waals surface area contributed by atoms with Gasteiger partial charge in [-0.25, -0.2) is 0 Å². The van der Waals surface area contributed by atoms with Crippen LogP contribution in [0.25, 0.3) is 0 Å². The molecule has 1 aromatic rings. The second kappa shape index (κ2) is 7.40. The Labute approximate surface area is 131 Å². The van der Waals surface area contributed by atoms with Crippen LogP contribution in [-0.4, -0.2) is 29.6 Å². The molecule has 22 heavy (non-hydrogen) atoms. The molecular weight excluding hydrogens is 280 g/mol. The molecule has 0 aliphatic heterocycles. The Kier molecular flexibility index (Phi) is 5.55. The fourth-order valence-electron chi connectivity index (χ4n) is 2.74. The molecule has 1 aliphatic rings. The maximum atomic E-state index is 11.9. The highest BCUT2D eigenvalue weighted by molar-refractivity contribution is 6.39. The molecule has 1 fully saturated rings. The van der Waals surface area contributed by atoms with E-state index < -0.39 is 11.8 Å². The van der Waals surface area contributed by atoms with Crippen molar-refractivity contribution >= 4 is 17.5 Å². The maximum absolute atomic E-state index is 11.9. The van der Waals surface area contributed by atoms with E-state index in [0.717, 1.165) is 36.8 Å². The van der Waals surface area contributed by atoms with Gasteiger partial charge in [-0.1, -0.05) is 18.9 Å². The van der Waals surface area contributed by atoms with Gasteiger partial charge in [0, 0.05) is 18.2 Å². The van der Waals surface area contributed by atoms with Crippen molar-refractivity contribution in [1.82, 2.24) is 5.32 Å². The van der Waals surface area contributed by atoms with E-state index in [-0.39, 0.29) is 12.0 Å². The van der Waals surface area contributed by atoms with Crippen LogP contribution in [0, 0.1) is 19.8 Å². The summed E-state index contributed by atoms with van der Waals surface area (Å²) in [6.45, 7) is 4.29. The molecule has 120 valence electrons. The molecule has 0 aromatic heterocycles. The minimum absolute atomic E-state index is 0.0483. The molecule has 3 N–H and O–H groups in total. The van der Waals surface area contributed by atoms with Crippen molar-refractivity contribution in [3.63, 3.8) is 0 Å². The second-order valence-corrected chi connectivity index (χ2v) is 6.08. The number of amides is 2. The van der Waals surface area contributed by atoms with E-state index in [2.05, 4.69) is 10.6 Å². The molecule has 0 spiro atoms. The number of aliphatic hydroxyl groups excluding tert-OH is 1. The minimum atomic E-state index is -0.673. The summed E-state index contributed by atoms with van der Waals surface area (Å²) in [5, 5.41) is 15.1. The molecule has 5 nitrogen and oxygen atoms in total. The summed E-state index contributed by atoms with van der Waals surface area (Å²) in [5.74, 6) is -1.28. The first-order valence-corrected chi connectivity index (χ1v) is 7.82. The van der Waals surface area contributed by atoms with Crippen LogP contribution < -0.4 is 10.6 Å². The second-order valence-electron chi connectivity index (χ2n) is 6.08. The number of benzene rings is 1. The van der Waals surface area contributed by atoms with Gasteiger partial charge in [-0.3, -0.25) is 9.59 Å². The molecule has 0 bridgehead atoms. The molecule has 2 atom stereocenters. The molecule has 0 heterocycles. The van der Waals surface area contributed by atoms with Gasteiger partial charge in [0.05, 0.1) is 6.10 Å². The highest BCUT2D eigenvalue weighted by Crippen LogP contribution is 2.23. The number of hydrogen-bond donors (Lipinski definition) is 3. The van der Waals surface area contributed by atoms with Gasteiger partial charge < -0.3 is 15.7 Å². The topological polar surface area (TPSA) is 78.4 Å². The predicted octanol–water partition coefficient (Wildman–Crippen LogP) is 1.91. The van der Waals surface area contributed by atoms with Gasteiger partial charge in [-0.2, -0.15) is 0 Å². The number of nitrogens with one attached hydrogen (secondary N) is 2. The predicted molar refractivity (Wildman–Crippen MR) is 85.5 cm³/mol. The fraction of sp³-hybridized carbons (Fsp3) is 0.529. The summed E-state index contributed by atoms with van der Waals surface area (Å²) in [6, 6.07) is 5.52. The molecule has 1 aliphatic carbocycles. The summed E-state index contributed by atoms with van der Waals surface area (Å²) < 4.78 is 0. The third kappa shape index (κ3) is 4.31. The third-order valence-electron chi connectivity index (χ3n) is 4.36. The van der Waals surface area contributed by atoms with Gasteiger partial charge >= 0.3 is 11.8 Å². The summed E-state index contributed by atoms with van der Waals surface area (Å²) in [7, 11) is 0. The highest BCUT2D eigenvalue weighted by Gasteiger charge is 2.24. The van der Waals surface area contributed by atoms with E-state index in [4.69, 9.17) is 0 Å². The Morgan fingerprint density at radius 3 is 2.55 bits per heavy atom. The molecular formula is C17H24N2O3. The Morgan fingerprint density at radius 1 is 1.14 bits per heavy atom. The summed E-state index contributed by atoms with van der Waals surface area (Å²) in [5.41, 5.74) is 2.80. The lowest BCUT2D eigenvalue weighted by molar-refractivity contribution is -0.136. The molecule has 1 saturated carbocycles. The molecule has 0 unspecified atom stereocenters. The lowest BCUT2D eigenvalue weighted by atomic mass is 9.86. The van der Waals surface area contributed by atoms with Crippen LogP contribution in [0.4, 0.5) is 5.69 Å². The van der Waals surface area contributed by atoms with Crippen LogP contribution in [0.5, 0.6) is 0 Å². The largest absolute Gasteiger partial charge is 0.393 e. The monoisotopic (exact) mass is 304 g/mol. The Bertz CT molecular complexity index is 557. The third-order valence-corrected chi connectivity index (χ3v) is 4.36. The van der Waals surface area contributed by atoms with Crippen LogP contribution >= 0.6 is 0 Å². The first kappa shape index (κ1) is 16.5. The zero-order valence-corrected chi connectivity index (χ0v) is 13.2. The van der Waals surface area contributed by atoms with Crippen LogP contribution in [0.3, 0.4) is 0 Å². The van der Waals surface area contributed by atoms with E-state index in [1.807, 2.05) is 26.0 Å². The van der Waals surface area contributed by atoms with Crippen molar-refractivity contribution in [2.45, 2.75) is 45.6 Å². The van der Waals surface area contributed by atoms with E-state index in [0.29, 0.717) is 12.2 Å². The normalized spacial score (nSPS) is 21.2. The van der Waals surface area contributed by atoms with Gasteiger partial charge in [0.15, 0.2) is 0 Å². The van der Waals surface area contributed by atoms with Crippen molar-refractivity contribution in [3.8, 4) is 0 Å². The highest BCUT2D eigenvalue weighted by atomic mass is 16.3. The summed E-state index contributed by atoms with van der Waals surface area (Å²) in [6.07, 6.45) is 3.37. The van der Waals surface area contributed by atoms with Crippen molar-refractivity contribution in [1.29, 1.82) is 0 Å². The van der Waals surface area contributed by atoms with Gasteiger partial charge in [-0.15, -0.1) is 0 Å². The number of aliphatic hydroxyl groups is 1. The van der Waals surface area contributed by atoms with Crippen molar-refractivity contribution in [2.24, 2.45) is 5.92 Å². The Balaban J connectivity index is 1.84.